The molecule has 1 aromatic carbocycles. The lowest BCUT2D eigenvalue weighted by molar-refractivity contribution is -0.140. The van der Waals surface area contributed by atoms with E-state index in [4.69, 9.17) is 23.7 Å². The standard InChI is InChI=1S/C65H110BN6O12S2/c1-12-52(53-27-29-55(30-28-53)84-51(2)69(9)37-23-36-68(7)8)25-21-26-59(75)70(38-17-13-15-19-45-85-56-47-60(76)71(62(56)78)40-24-42-73)39-18-14-16-20-46-86-57-48-61(77)72(63(57)79)41-31-58(74)67-35-22-43-82-49-54(66-34-32-64(3,4)80-10)50-83-44-33-65(5,6)81-11/h27-30,42,52,54,56-57H,2,12-26,31-41,43-50H2,1,3-11H3,(H,67,74). The lowest BCUT2D eigenvalue weighted by atomic mass is 9.60. The van der Waals surface area contributed by atoms with Crippen molar-refractivity contribution in [1.82, 2.24) is 29.8 Å². The molecule has 2 aliphatic heterocycles. The Morgan fingerprint density at radius 2 is 1.30 bits per heavy atom. The molecular weight excluding hydrogens is 1130 g/mol. The quantitative estimate of drug-likeness (QED) is 0.0213. The number of nitrogens with one attached hydrogen (secondary N) is 1. The molecule has 6 amide bonds. The predicted molar refractivity (Wildman–Crippen MR) is 348 cm³/mol. The van der Waals surface area contributed by atoms with Crippen molar-refractivity contribution in [3.63, 3.8) is 0 Å². The van der Waals surface area contributed by atoms with Gasteiger partial charge in [0.1, 0.15) is 19.3 Å². The third kappa shape index (κ3) is 31.0. The number of imide groups is 2. The number of methoxy groups -OCH3 is 2. The highest BCUT2D eigenvalue weighted by Crippen LogP contribution is 2.30. The third-order valence-corrected chi connectivity index (χ3v) is 18.9. The number of thioether (sulfide) groups is 2. The maximum absolute atomic E-state index is 13.9. The normalized spacial score (nSPS) is 16.3. The number of ether oxygens (including phenoxy) is 5. The van der Waals surface area contributed by atoms with Crippen LogP contribution in [0.15, 0.2) is 36.7 Å². The molecule has 2 heterocycles. The van der Waals surface area contributed by atoms with E-state index in [1.807, 2.05) is 42.8 Å². The van der Waals surface area contributed by atoms with Crippen LogP contribution in [0.25, 0.3) is 0 Å². The first-order chi connectivity index (χ1) is 41.1. The van der Waals surface area contributed by atoms with Gasteiger partial charge < -0.3 is 48.5 Å². The van der Waals surface area contributed by atoms with Gasteiger partial charge in [-0.3, -0.25) is 38.6 Å². The lowest BCUT2D eigenvalue weighted by Crippen LogP contribution is -2.36. The highest BCUT2D eigenvalue weighted by Gasteiger charge is 2.39. The smallest absolute Gasteiger partial charge is 0.242 e. The van der Waals surface area contributed by atoms with Gasteiger partial charge in [0.05, 0.1) is 21.7 Å². The first-order valence-electron chi connectivity index (χ1n) is 31.9. The summed E-state index contributed by atoms with van der Waals surface area (Å²) in [7, 11) is 11.8. The second-order valence-corrected chi connectivity index (χ2v) is 27.1. The number of unbranched alkanes of at least 4 members (excludes halogenated alkanes) is 6. The van der Waals surface area contributed by atoms with Gasteiger partial charge in [-0.2, -0.15) is 0 Å². The highest BCUT2D eigenvalue weighted by molar-refractivity contribution is 8.00. The number of benzene rings is 1. The van der Waals surface area contributed by atoms with E-state index in [2.05, 4.69) is 71.1 Å². The van der Waals surface area contributed by atoms with Crippen LogP contribution in [-0.2, 0) is 52.5 Å². The summed E-state index contributed by atoms with van der Waals surface area (Å²) in [5.41, 5.74) is 0.772. The van der Waals surface area contributed by atoms with Crippen molar-refractivity contribution in [2.45, 2.75) is 203 Å². The molecule has 1 radical (unpaired) electrons. The fraction of sp³-hybridized carbons (Fsp3) is 0.769. The van der Waals surface area contributed by atoms with E-state index in [1.165, 1.54) is 38.9 Å². The minimum atomic E-state index is -0.440. The van der Waals surface area contributed by atoms with Gasteiger partial charge in [0, 0.05) is 119 Å². The SMILES string of the molecule is C=C(Oc1ccc(C(CC)CCCC(=O)N(CCCCCCSC2CC(=O)N(CCC=O)C2=O)CCCCCCSC2CC(=O)N(CCC(=O)NCCCOCC([B]CCC(C)(C)OC)COCCC(C)(C)OC)C2=O)cc1)N(C)CCCN(C)C. The molecule has 487 valence electrons. The summed E-state index contributed by atoms with van der Waals surface area (Å²) in [5, 5.41) is 2.09. The molecule has 0 bridgehead atoms. The number of rotatable bonds is 52. The van der Waals surface area contributed by atoms with Crippen LogP contribution in [0.2, 0.25) is 12.1 Å². The van der Waals surface area contributed by atoms with Crippen LogP contribution in [0.1, 0.15) is 175 Å². The maximum atomic E-state index is 13.9. The Bertz CT molecular complexity index is 2170. The number of hydrogen-bond acceptors (Lipinski definition) is 16. The van der Waals surface area contributed by atoms with E-state index < -0.39 is 5.25 Å². The number of likely N-dealkylation sites (tertiary alicyclic amines) is 2. The summed E-state index contributed by atoms with van der Waals surface area (Å²) in [6.07, 6.45) is 15.9. The zero-order valence-electron chi connectivity index (χ0n) is 54.5. The van der Waals surface area contributed by atoms with Gasteiger partial charge in [0.25, 0.3) is 0 Å². The fourth-order valence-corrected chi connectivity index (χ4v) is 12.5. The van der Waals surface area contributed by atoms with Crippen molar-refractivity contribution < 1.29 is 57.2 Å². The maximum Gasteiger partial charge on any atom is 0.242 e. The molecule has 21 heteroatoms. The first-order valence-corrected chi connectivity index (χ1v) is 34.0. The van der Waals surface area contributed by atoms with Crippen molar-refractivity contribution in [3.8, 4) is 5.75 Å². The molecule has 0 spiro atoms. The Morgan fingerprint density at radius 3 is 1.87 bits per heavy atom. The van der Waals surface area contributed by atoms with E-state index in [-0.39, 0.29) is 96.5 Å². The predicted octanol–water partition coefficient (Wildman–Crippen LogP) is 9.81. The van der Waals surface area contributed by atoms with E-state index >= 15 is 0 Å². The average molecular weight is 1240 g/mol. The number of amides is 6. The molecule has 2 saturated heterocycles. The van der Waals surface area contributed by atoms with E-state index in [1.54, 1.807) is 14.2 Å². The summed E-state index contributed by atoms with van der Waals surface area (Å²) < 4.78 is 29.2. The van der Waals surface area contributed by atoms with Crippen LogP contribution in [0.4, 0.5) is 0 Å². The van der Waals surface area contributed by atoms with Gasteiger partial charge >= 0.3 is 0 Å². The van der Waals surface area contributed by atoms with Crippen LogP contribution >= 0.6 is 23.5 Å². The number of carbonyl (C=O) groups is 7. The number of carbonyl (C=O) groups excluding carboxylic acids is 7. The minimum Gasteiger partial charge on any atom is -0.442 e. The molecule has 86 heavy (non-hydrogen) atoms. The Labute approximate surface area is 527 Å². The Hall–Kier alpha value is -3.99. The molecule has 0 saturated carbocycles. The zero-order valence-corrected chi connectivity index (χ0v) is 56.1. The number of aldehydes is 1. The monoisotopic (exact) mass is 1240 g/mol. The zero-order chi connectivity index (χ0) is 63.3. The molecule has 0 aliphatic carbocycles. The molecule has 3 rings (SSSR count). The van der Waals surface area contributed by atoms with E-state index in [0.29, 0.717) is 70.7 Å². The van der Waals surface area contributed by atoms with E-state index in [0.717, 1.165) is 133 Å². The lowest BCUT2D eigenvalue weighted by Gasteiger charge is -2.25. The summed E-state index contributed by atoms with van der Waals surface area (Å²) in [5.74, 6) is 2.44. The largest absolute Gasteiger partial charge is 0.442 e. The molecule has 1 aromatic rings. The van der Waals surface area contributed by atoms with E-state index in [9.17, 15) is 33.6 Å². The van der Waals surface area contributed by atoms with Crippen LogP contribution in [0.5, 0.6) is 5.75 Å². The highest BCUT2D eigenvalue weighted by atomic mass is 32.2. The Balaban J connectivity index is 1.40. The number of hydrogen-bond donors (Lipinski definition) is 1. The summed E-state index contributed by atoms with van der Waals surface area (Å²) >= 11 is 3.04. The molecule has 2 fully saturated rings. The van der Waals surface area contributed by atoms with Crippen molar-refractivity contribution in [2.75, 3.05) is 119 Å². The van der Waals surface area contributed by atoms with Gasteiger partial charge in [-0.25, -0.2) is 0 Å². The average Bonchev–Trinajstić information content (AvgIpc) is 3.36. The first kappa shape index (κ1) is 76.3. The molecule has 4 unspecified atom stereocenters. The van der Waals surface area contributed by atoms with Gasteiger partial charge in [-0.1, -0.05) is 51.1 Å². The van der Waals surface area contributed by atoms with Crippen molar-refractivity contribution >= 4 is 72.5 Å². The van der Waals surface area contributed by atoms with Crippen LogP contribution in [0, 0.1) is 0 Å². The third-order valence-electron chi connectivity index (χ3n) is 16.3. The minimum absolute atomic E-state index is 0.0522. The molecule has 2 aliphatic rings. The molecule has 0 aromatic heterocycles. The van der Waals surface area contributed by atoms with Gasteiger partial charge in [0.15, 0.2) is 5.88 Å². The second-order valence-electron chi connectivity index (χ2n) is 24.5. The number of nitrogens with zero attached hydrogens (tertiary/aromatic N) is 5. The summed E-state index contributed by atoms with van der Waals surface area (Å²) in [4.78, 5) is 97.4. The Morgan fingerprint density at radius 1 is 0.733 bits per heavy atom. The van der Waals surface area contributed by atoms with Crippen LogP contribution in [0.3, 0.4) is 0 Å². The van der Waals surface area contributed by atoms with Crippen molar-refractivity contribution in [1.29, 1.82) is 0 Å². The molecule has 18 nitrogen and oxygen atoms in total. The van der Waals surface area contributed by atoms with Crippen molar-refractivity contribution in [2.24, 2.45) is 0 Å². The molecular formula is C65H110BN6O12S2. The molecule has 4 atom stereocenters. The second kappa shape index (κ2) is 42.9. The van der Waals surface area contributed by atoms with Crippen LogP contribution in [-0.4, -0.2) is 214 Å². The van der Waals surface area contributed by atoms with Crippen molar-refractivity contribution in [3.05, 3.63) is 42.3 Å². The van der Waals surface area contributed by atoms with Gasteiger partial charge in [0.2, 0.25) is 35.4 Å². The Kier molecular flexibility index (Phi) is 38.0. The van der Waals surface area contributed by atoms with Gasteiger partial charge in [-0.05, 0) is 166 Å². The molecule has 1 N–H and O–H groups in total. The summed E-state index contributed by atoms with van der Waals surface area (Å²) in [6.45, 7) is 20.5. The summed E-state index contributed by atoms with van der Waals surface area (Å²) in [6, 6.07) is 8.26. The van der Waals surface area contributed by atoms with Gasteiger partial charge in [-0.15, -0.1) is 23.5 Å². The topological polar surface area (TPSA) is 194 Å². The fourth-order valence-electron chi connectivity index (χ4n) is 10.1. The van der Waals surface area contributed by atoms with Crippen LogP contribution < -0.4 is 10.1 Å².